The van der Waals surface area contributed by atoms with Gasteiger partial charge in [-0.3, -0.25) is 14.5 Å². The Morgan fingerprint density at radius 1 is 1.11 bits per heavy atom. The van der Waals surface area contributed by atoms with Crippen LogP contribution < -0.4 is 0 Å². The molecule has 28 heavy (non-hydrogen) atoms. The van der Waals surface area contributed by atoms with E-state index in [-0.39, 0.29) is 5.91 Å². The molecule has 1 amide bonds. The smallest absolute Gasteiger partial charge is 0.228 e. The van der Waals surface area contributed by atoms with Crippen LogP contribution in [0.1, 0.15) is 18.5 Å². The highest BCUT2D eigenvalue weighted by atomic mass is 16.2. The minimum atomic E-state index is 0.174. The molecule has 1 saturated heterocycles. The number of carbonyl (C=O) groups is 1. The summed E-state index contributed by atoms with van der Waals surface area (Å²) in [7, 11) is 6.14. The largest absolute Gasteiger partial charge is 0.342 e. The van der Waals surface area contributed by atoms with E-state index in [9.17, 15) is 4.79 Å². The lowest BCUT2D eigenvalue weighted by Gasteiger charge is -2.35. The lowest BCUT2D eigenvalue weighted by Crippen LogP contribution is -2.45. The van der Waals surface area contributed by atoms with Gasteiger partial charge >= 0.3 is 0 Å². The second kappa shape index (κ2) is 7.72. The molecule has 6 heteroatoms. The first-order valence-electron chi connectivity index (χ1n) is 9.81. The Bertz CT molecular complexity index is 986. The number of hydrogen-bond donors (Lipinski definition) is 0. The molecule has 6 nitrogen and oxygen atoms in total. The van der Waals surface area contributed by atoms with Gasteiger partial charge in [0.2, 0.25) is 5.91 Å². The summed E-state index contributed by atoms with van der Waals surface area (Å²) < 4.78 is 1.80. The summed E-state index contributed by atoms with van der Waals surface area (Å²) in [4.78, 5) is 21.5. The molecule has 0 bridgehead atoms. The van der Waals surface area contributed by atoms with Gasteiger partial charge in [0.05, 0.1) is 18.3 Å². The van der Waals surface area contributed by atoms with E-state index in [1.807, 2.05) is 36.6 Å². The van der Waals surface area contributed by atoms with Crippen molar-refractivity contribution in [2.75, 3.05) is 27.2 Å². The van der Waals surface area contributed by atoms with Crippen LogP contribution in [0.4, 0.5) is 0 Å². The average Bonchev–Trinajstić information content (AvgIpc) is 3.14. The van der Waals surface area contributed by atoms with Gasteiger partial charge in [-0.05, 0) is 50.0 Å². The third-order valence-electron chi connectivity index (χ3n) is 5.70. The zero-order chi connectivity index (χ0) is 19.7. The van der Waals surface area contributed by atoms with Gasteiger partial charge in [-0.1, -0.05) is 12.1 Å². The summed E-state index contributed by atoms with van der Waals surface area (Å²) in [6.07, 6.45) is 8.17. The van der Waals surface area contributed by atoms with E-state index < -0.39 is 0 Å². The number of fused-ring (bicyclic) bond motifs is 1. The summed E-state index contributed by atoms with van der Waals surface area (Å²) >= 11 is 0. The Morgan fingerprint density at radius 3 is 2.57 bits per heavy atom. The van der Waals surface area contributed by atoms with Crippen molar-refractivity contribution >= 4 is 16.7 Å². The third kappa shape index (κ3) is 3.92. The molecule has 0 aliphatic carbocycles. The number of likely N-dealkylation sites (tertiary alicyclic amines) is 1. The van der Waals surface area contributed by atoms with Crippen molar-refractivity contribution in [2.45, 2.75) is 25.3 Å². The fourth-order valence-electron chi connectivity index (χ4n) is 3.93. The topological polar surface area (TPSA) is 54.3 Å². The predicted molar refractivity (Wildman–Crippen MR) is 111 cm³/mol. The lowest BCUT2D eigenvalue weighted by molar-refractivity contribution is -0.132. The van der Waals surface area contributed by atoms with Crippen LogP contribution in [0.25, 0.3) is 21.9 Å². The van der Waals surface area contributed by atoms with Crippen molar-refractivity contribution < 1.29 is 4.79 Å². The van der Waals surface area contributed by atoms with Crippen molar-refractivity contribution in [1.29, 1.82) is 0 Å². The number of pyridine rings is 1. The Morgan fingerprint density at radius 2 is 1.89 bits per heavy atom. The highest BCUT2D eigenvalue weighted by Crippen LogP contribution is 2.24. The number of rotatable bonds is 4. The fourth-order valence-corrected chi connectivity index (χ4v) is 3.93. The van der Waals surface area contributed by atoms with Gasteiger partial charge in [0.1, 0.15) is 0 Å². The second-order valence-electron chi connectivity index (χ2n) is 7.89. The molecule has 146 valence electrons. The van der Waals surface area contributed by atoms with Crippen LogP contribution in [0.2, 0.25) is 0 Å². The summed E-state index contributed by atoms with van der Waals surface area (Å²) in [6, 6.07) is 8.92. The second-order valence-corrected chi connectivity index (χ2v) is 7.89. The predicted octanol–water partition coefficient (Wildman–Crippen LogP) is 2.73. The molecule has 1 aliphatic rings. The number of amides is 1. The Kier molecular flexibility index (Phi) is 5.13. The Hall–Kier alpha value is -2.73. The molecular weight excluding hydrogens is 350 g/mol. The number of benzene rings is 1. The van der Waals surface area contributed by atoms with Gasteiger partial charge in [-0.25, -0.2) is 0 Å². The van der Waals surface area contributed by atoms with Crippen molar-refractivity contribution in [1.82, 2.24) is 24.6 Å². The molecule has 0 atom stereocenters. The van der Waals surface area contributed by atoms with E-state index >= 15 is 0 Å². The molecule has 3 heterocycles. The van der Waals surface area contributed by atoms with Crippen molar-refractivity contribution in [3.8, 4) is 11.1 Å². The molecule has 2 aromatic heterocycles. The van der Waals surface area contributed by atoms with E-state index in [4.69, 9.17) is 0 Å². The zero-order valence-corrected chi connectivity index (χ0v) is 16.8. The number of carbonyl (C=O) groups excluding carboxylic acids is 1. The van der Waals surface area contributed by atoms with Crippen LogP contribution >= 0.6 is 0 Å². The maximum Gasteiger partial charge on any atom is 0.228 e. The molecule has 0 radical (unpaired) electrons. The molecular formula is C22H27N5O. The van der Waals surface area contributed by atoms with Gasteiger partial charge in [0.25, 0.3) is 0 Å². The molecule has 1 aromatic carbocycles. The van der Waals surface area contributed by atoms with E-state index in [2.05, 4.69) is 47.3 Å². The standard InChI is InChI=1S/C22H27N5O/c1-25(2)21-6-8-27(9-7-21)22(28)12-20-11-18-10-16(4-5-17(18)13-23-20)19-14-24-26(3)15-19/h4-5,10-11,13-15,21H,6-9,12H2,1-3H3. The molecule has 0 saturated carbocycles. The van der Waals surface area contributed by atoms with E-state index in [1.165, 1.54) is 0 Å². The number of piperidine rings is 1. The Balaban J connectivity index is 1.49. The monoisotopic (exact) mass is 377 g/mol. The van der Waals surface area contributed by atoms with Crippen molar-refractivity contribution in [3.63, 3.8) is 0 Å². The fraction of sp³-hybridized carbons (Fsp3) is 0.409. The van der Waals surface area contributed by atoms with E-state index in [0.717, 1.165) is 53.5 Å². The first-order chi connectivity index (χ1) is 13.5. The van der Waals surface area contributed by atoms with Crippen LogP contribution in [-0.2, 0) is 18.3 Å². The summed E-state index contributed by atoms with van der Waals surface area (Å²) in [5.41, 5.74) is 3.04. The van der Waals surface area contributed by atoms with Crippen molar-refractivity contribution in [3.05, 3.63) is 48.5 Å². The first-order valence-corrected chi connectivity index (χ1v) is 9.81. The SMILES string of the molecule is CN(C)C1CCN(C(=O)Cc2cc3cc(-c4cnn(C)c4)ccc3cn2)CC1. The van der Waals surface area contributed by atoms with Crippen LogP contribution in [0.3, 0.4) is 0 Å². The molecule has 3 aromatic rings. The van der Waals surface area contributed by atoms with E-state index in [0.29, 0.717) is 12.5 Å². The highest BCUT2D eigenvalue weighted by molar-refractivity contribution is 5.88. The maximum absolute atomic E-state index is 12.7. The van der Waals surface area contributed by atoms with Gasteiger partial charge < -0.3 is 9.80 Å². The lowest BCUT2D eigenvalue weighted by atomic mass is 10.0. The van der Waals surface area contributed by atoms with Gasteiger partial charge in [-0.2, -0.15) is 5.10 Å². The van der Waals surface area contributed by atoms with Crippen molar-refractivity contribution in [2.24, 2.45) is 7.05 Å². The highest BCUT2D eigenvalue weighted by Gasteiger charge is 2.24. The minimum absolute atomic E-state index is 0.174. The average molecular weight is 377 g/mol. The van der Waals surface area contributed by atoms with E-state index in [1.54, 1.807) is 4.68 Å². The van der Waals surface area contributed by atoms with Gasteiger partial charge in [0, 0.05) is 49.5 Å². The first kappa shape index (κ1) is 18.6. The van der Waals surface area contributed by atoms with Crippen LogP contribution in [0, 0.1) is 0 Å². The number of aryl methyl sites for hydroxylation is 1. The summed E-state index contributed by atoms with van der Waals surface area (Å²) in [5.74, 6) is 0.174. The minimum Gasteiger partial charge on any atom is -0.342 e. The molecule has 1 fully saturated rings. The molecule has 1 aliphatic heterocycles. The number of nitrogens with zero attached hydrogens (tertiary/aromatic N) is 5. The van der Waals surface area contributed by atoms with Crippen LogP contribution in [0.5, 0.6) is 0 Å². The third-order valence-corrected chi connectivity index (χ3v) is 5.70. The van der Waals surface area contributed by atoms with Gasteiger partial charge in [-0.15, -0.1) is 0 Å². The summed E-state index contributed by atoms with van der Waals surface area (Å²) in [5, 5.41) is 6.43. The van der Waals surface area contributed by atoms with Crippen LogP contribution in [0.15, 0.2) is 42.9 Å². The quantitative estimate of drug-likeness (QED) is 0.702. The molecule has 0 unspecified atom stereocenters. The molecule has 4 rings (SSSR count). The molecule has 0 spiro atoms. The normalized spacial score (nSPS) is 15.5. The summed E-state index contributed by atoms with van der Waals surface area (Å²) in [6.45, 7) is 1.67. The maximum atomic E-state index is 12.7. The number of hydrogen-bond acceptors (Lipinski definition) is 4. The Labute approximate surface area is 165 Å². The molecule has 0 N–H and O–H groups in total. The van der Waals surface area contributed by atoms with Gasteiger partial charge in [0.15, 0.2) is 0 Å². The number of aromatic nitrogens is 3. The zero-order valence-electron chi connectivity index (χ0n) is 16.8. The van der Waals surface area contributed by atoms with Crippen LogP contribution in [-0.4, -0.2) is 63.7 Å².